The van der Waals surface area contributed by atoms with Crippen LogP contribution in [0.15, 0.2) is 82.4 Å². The lowest BCUT2D eigenvalue weighted by Crippen LogP contribution is -2.48. The fraction of sp³-hybridized carbons (Fsp3) is 0.241. The van der Waals surface area contributed by atoms with Gasteiger partial charge in [-0.25, -0.2) is 0 Å². The summed E-state index contributed by atoms with van der Waals surface area (Å²) >= 11 is 1.20. The van der Waals surface area contributed by atoms with E-state index in [2.05, 4.69) is 20.4 Å². The molecule has 10 heteroatoms. The van der Waals surface area contributed by atoms with Crippen LogP contribution in [-0.2, 0) is 4.79 Å². The van der Waals surface area contributed by atoms with Gasteiger partial charge in [0.25, 0.3) is 11.1 Å². The highest BCUT2D eigenvalue weighted by atomic mass is 32.2. The maximum atomic E-state index is 13.0. The Balaban J connectivity index is 1.10. The molecule has 0 bridgehead atoms. The van der Waals surface area contributed by atoms with Crippen molar-refractivity contribution in [1.29, 1.82) is 0 Å². The number of ether oxygens (including phenoxy) is 1. The monoisotopic (exact) mass is 543 g/mol. The SMILES string of the molecule is COc1ccccc1C(=O)N1CCN(c2ccc(NC(=O)CSc3nnc(-c4ccccc4C)o3)cc2)CC1. The van der Waals surface area contributed by atoms with E-state index in [-0.39, 0.29) is 17.6 Å². The number of carbonyl (C=O) groups is 2. The first-order valence-electron chi connectivity index (χ1n) is 12.6. The van der Waals surface area contributed by atoms with E-state index >= 15 is 0 Å². The second-order valence-corrected chi connectivity index (χ2v) is 9.98. The summed E-state index contributed by atoms with van der Waals surface area (Å²) in [6.07, 6.45) is 0. The minimum absolute atomic E-state index is 0.0186. The number of thioether (sulfide) groups is 1. The molecule has 0 aliphatic carbocycles. The van der Waals surface area contributed by atoms with Crippen LogP contribution in [0.4, 0.5) is 11.4 Å². The Morgan fingerprint density at radius 3 is 2.41 bits per heavy atom. The van der Waals surface area contributed by atoms with Gasteiger partial charge in [-0.05, 0) is 55.0 Å². The highest BCUT2D eigenvalue weighted by Crippen LogP contribution is 2.26. The largest absolute Gasteiger partial charge is 0.496 e. The highest BCUT2D eigenvalue weighted by Gasteiger charge is 2.24. The number of nitrogens with one attached hydrogen (secondary N) is 1. The molecule has 9 nitrogen and oxygen atoms in total. The highest BCUT2D eigenvalue weighted by molar-refractivity contribution is 7.99. The van der Waals surface area contributed by atoms with Crippen LogP contribution in [0, 0.1) is 6.92 Å². The number of hydrogen-bond acceptors (Lipinski definition) is 8. The second-order valence-electron chi connectivity index (χ2n) is 9.05. The number of rotatable bonds is 8. The average Bonchev–Trinajstić information content (AvgIpc) is 3.45. The summed E-state index contributed by atoms with van der Waals surface area (Å²) in [5.74, 6) is 1.00. The smallest absolute Gasteiger partial charge is 0.277 e. The molecule has 39 heavy (non-hydrogen) atoms. The Labute approximate surface area is 231 Å². The molecule has 1 aromatic heterocycles. The first-order chi connectivity index (χ1) is 19.0. The molecule has 3 aromatic carbocycles. The third kappa shape index (κ3) is 6.23. The van der Waals surface area contributed by atoms with E-state index in [4.69, 9.17) is 9.15 Å². The van der Waals surface area contributed by atoms with E-state index in [1.165, 1.54) is 11.8 Å². The Bertz CT molecular complexity index is 1450. The van der Waals surface area contributed by atoms with Crippen LogP contribution in [0.25, 0.3) is 11.5 Å². The number of nitrogens with zero attached hydrogens (tertiary/aromatic N) is 4. The maximum absolute atomic E-state index is 13.0. The number of benzene rings is 3. The molecule has 1 saturated heterocycles. The molecule has 0 unspecified atom stereocenters. The number of aromatic nitrogens is 2. The molecule has 1 fully saturated rings. The standard InChI is InChI=1S/C29H29N5O4S/c1-20-7-3-4-8-23(20)27-31-32-29(38-27)39-19-26(35)30-21-11-13-22(14-12-21)33-15-17-34(18-16-33)28(36)24-9-5-6-10-25(24)37-2/h3-14H,15-19H2,1-2H3,(H,30,35). The molecule has 200 valence electrons. The van der Waals surface area contributed by atoms with Crippen LogP contribution in [0.3, 0.4) is 0 Å². The summed E-state index contributed by atoms with van der Waals surface area (Å²) in [4.78, 5) is 29.5. The van der Waals surface area contributed by atoms with Crippen molar-refractivity contribution < 1.29 is 18.7 Å². The molecular formula is C29H29N5O4S. The molecular weight excluding hydrogens is 514 g/mol. The van der Waals surface area contributed by atoms with Gasteiger partial charge in [0.1, 0.15) is 5.75 Å². The summed E-state index contributed by atoms with van der Waals surface area (Å²) in [5, 5.41) is 11.4. The minimum Gasteiger partial charge on any atom is -0.496 e. The third-order valence-electron chi connectivity index (χ3n) is 6.53. The molecule has 2 heterocycles. The van der Waals surface area contributed by atoms with E-state index in [0.717, 1.165) is 29.9 Å². The van der Waals surface area contributed by atoms with Gasteiger partial charge in [-0.2, -0.15) is 0 Å². The van der Waals surface area contributed by atoms with E-state index in [1.54, 1.807) is 19.2 Å². The van der Waals surface area contributed by atoms with Crippen LogP contribution >= 0.6 is 11.8 Å². The van der Waals surface area contributed by atoms with E-state index in [1.807, 2.05) is 72.5 Å². The Kier molecular flexibility index (Phi) is 8.12. The molecule has 1 aliphatic rings. The predicted octanol–water partition coefficient (Wildman–Crippen LogP) is 4.75. The summed E-state index contributed by atoms with van der Waals surface area (Å²) in [6, 6.07) is 22.8. The maximum Gasteiger partial charge on any atom is 0.277 e. The number of piperazine rings is 1. The Morgan fingerprint density at radius 1 is 0.949 bits per heavy atom. The normalized spacial score (nSPS) is 13.3. The van der Waals surface area contributed by atoms with E-state index < -0.39 is 0 Å². The van der Waals surface area contributed by atoms with Crippen LogP contribution < -0.4 is 15.0 Å². The molecule has 1 aliphatic heterocycles. The molecule has 1 N–H and O–H groups in total. The van der Waals surface area contributed by atoms with Crippen molar-refractivity contribution in [1.82, 2.24) is 15.1 Å². The lowest BCUT2D eigenvalue weighted by molar-refractivity contribution is -0.113. The molecule has 0 spiro atoms. The second kappa shape index (κ2) is 12.0. The van der Waals surface area contributed by atoms with Crippen molar-refractivity contribution in [2.75, 3.05) is 49.3 Å². The van der Waals surface area contributed by atoms with Crippen LogP contribution in [-0.4, -0.2) is 66.0 Å². The van der Waals surface area contributed by atoms with Crippen molar-refractivity contribution in [2.45, 2.75) is 12.1 Å². The van der Waals surface area contributed by atoms with Gasteiger partial charge in [-0.1, -0.05) is 42.1 Å². The number of amides is 2. The number of aryl methyl sites for hydroxylation is 1. The minimum atomic E-state index is -0.160. The quantitative estimate of drug-likeness (QED) is 0.318. The average molecular weight is 544 g/mol. The molecule has 0 saturated carbocycles. The topological polar surface area (TPSA) is 101 Å². The zero-order valence-electron chi connectivity index (χ0n) is 21.8. The number of hydrogen-bond donors (Lipinski definition) is 1. The molecule has 5 rings (SSSR count). The lowest BCUT2D eigenvalue weighted by Gasteiger charge is -2.36. The van der Waals surface area contributed by atoms with E-state index in [0.29, 0.717) is 41.2 Å². The summed E-state index contributed by atoms with van der Waals surface area (Å²) in [5.41, 5.74) is 4.26. The molecule has 4 aromatic rings. The molecule has 0 radical (unpaired) electrons. The number of methoxy groups -OCH3 is 1. The van der Waals surface area contributed by atoms with Gasteiger partial charge >= 0.3 is 0 Å². The van der Waals surface area contributed by atoms with Crippen LogP contribution in [0.1, 0.15) is 15.9 Å². The van der Waals surface area contributed by atoms with Crippen molar-refractivity contribution in [2.24, 2.45) is 0 Å². The van der Waals surface area contributed by atoms with Crippen molar-refractivity contribution in [3.63, 3.8) is 0 Å². The van der Waals surface area contributed by atoms with Gasteiger partial charge in [-0.3, -0.25) is 9.59 Å². The number of carbonyl (C=O) groups excluding carboxylic acids is 2. The Hall–Kier alpha value is -4.31. The zero-order valence-corrected chi connectivity index (χ0v) is 22.6. The third-order valence-corrected chi connectivity index (χ3v) is 7.35. The Morgan fingerprint density at radius 2 is 1.67 bits per heavy atom. The fourth-order valence-electron chi connectivity index (χ4n) is 4.43. The predicted molar refractivity (Wildman–Crippen MR) is 151 cm³/mol. The first-order valence-corrected chi connectivity index (χ1v) is 13.6. The molecule has 2 amide bonds. The van der Waals surface area contributed by atoms with Crippen molar-refractivity contribution in [3.05, 3.63) is 83.9 Å². The lowest BCUT2D eigenvalue weighted by atomic mass is 10.1. The molecule has 0 atom stereocenters. The van der Waals surface area contributed by atoms with Crippen molar-refractivity contribution >= 4 is 35.0 Å². The van der Waals surface area contributed by atoms with Gasteiger partial charge in [0, 0.05) is 43.1 Å². The number of para-hydroxylation sites is 1. The van der Waals surface area contributed by atoms with Gasteiger partial charge < -0.3 is 24.3 Å². The summed E-state index contributed by atoms with van der Waals surface area (Å²) < 4.78 is 11.1. The van der Waals surface area contributed by atoms with Gasteiger partial charge in [-0.15, -0.1) is 10.2 Å². The van der Waals surface area contributed by atoms with Gasteiger partial charge in [0.2, 0.25) is 11.8 Å². The summed E-state index contributed by atoms with van der Waals surface area (Å²) in [6.45, 7) is 4.66. The summed E-state index contributed by atoms with van der Waals surface area (Å²) in [7, 11) is 1.57. The van der Waals surface area contributed by atoms with Crippen molar-refractivity contribution in [3.8, 4) is 17.2 Å². The number of anilines is 2. The zero-order chi connectivity index (χ0) is 27.2. The van der Waals surface area contributed by atoms with Crippen LogP contribution in [0.5, 0.6) is 5.75 Å². The first kappa shape index (κ1) is 26.3. The fourth-order valence-corrected chi connectivity index (χ4v) is 4.99. The van der Waals surface area contributed by atoms with Crippen LogP contribution in [0.2, 0.25) is 0 Å². The van der Waals surface area contributed by atoms with Gasteiger partial charge in [0.05, 0.1) is 18.4 Å². The van der Waals surface area contributed by atoms with E-state index in [9.17, 15) is 9.59 Å². The van der Waals surface area contributed by atoms with Gasteiger partial charge in [0.15, 0.2) is 0 Å².